The Balaban J connectivity index is 1.46. The van der Waals surface area contributed by atoms with Crippen molar-refractivity contribution in [2.24, 2.45) is 7.05 Å². The third kappa shape index (κ3) is 3.27. The highest BCUT2D eigenvalue weighted by Crippen LogP contribution is 2.20. The fourth-order valence-electron chi connectivity index (χ4n) is 3.38. The van der Waals surface area contributed by atoms with Crippen LogP contribution in [-0.4, -0.2) is 16.4 Å². The number of nitrogens with zero attached hydrogens (tertiary/aromatic N) is 1. The van der Waals surface area contributed by atoms with E-state index in [-0.39, 0.29) is 18.2 Å². The molecule has 0 bridgehead atoms. The van der Waals surface area contributed by atoms with Crippen molar-refractivity contribution in [1.29, 1.82) is 0 Å². The summed E-state index contributed by atoms with van der Waals surface area (Å²) in [5, 5.41) is 2.97. The van der Waals surface area contributed by atoms with Crippen LogP contribution >= 0.6 is 0 Å². The van der Waals surface area contributed by atoms with Gasteiger partial charge in [0.15, 0.2) is 0 Å². The predicted octanol–water partition coefficient (Wildman–Crippen LogP) is 3.34. The van der Waals surface area contributed by atoms with Crippen LogP contribution in [0.15, 0.2) is 72.9 Å². The highest BCUT2D eigenvalue weighted by Gasteiger charge is 2.14. The lowest BCUT2D eigenvalue weighted by Crippen LogP contribution is -2.42. The van der Waals surface area contributed by atoms with E-state index in [2.05, 4.69) is 10.9 Å². The van der Waals surface area contributed by atoms with Gasteiger partial charge in [0.2, 0.25) is 5.91 Å². The van der Waals surface area contributed by atoms with Gasteiger partial charge in [-0.3, -0.25) is 20.4 Å². The van der Waals surface area contributed by atoms with Crippen molar-refractivity contribution < 1.29 is 9.59 Å². The van der Waals surface area contributed by atoms with Gasteiger partial charge in [-0.25, -0.2) is 0 Å². The first-order valence-corrected chi connectivity index (χ1v) is 8.73. The molecule has 2 amide bonds. The number of hydrogen-bond acceptors (Lipinski definition) is 2. The number of hydrazine groups is 1. The molecule has 3 aromatic carbocycles. The number of hydrogen-bond donors (Lipinski definition) is 2. The van der Waals surface area contributed by atoms with Crippen molar-refractivity contribution >= 4 is 33.5 Å². The molecule has 0 aliphatic heterocycles. The van der Waals surface area contributed by atoms with Crippen LogP contribution in [0.3, 0.4) is 0 Å². The number of carbonyl (C=O) groups is 2. The largest absolute Gasteiger partial charge is 0.350 e. The lowest BCUT2D eigenvalue weighted by molar-refractivity contribution is -0.121. The third-order valence-corrected chi connectivity index (χ3v) is 4.69. The molecule has 5 heteroatoms. The monoisotopic (exact) mass is 357 g/mol. The summed E-state index contributed by atoms with van der Waals surface area (Å²) in [5.41, 5.74) is 7.45. The van der Waals surface area contributed by atoms with Gasteiger partial charge in [-0.2, -0.15) is 0 Å². The number of nitrogens with one attached hydrogen (secondary N) is 2. The SMILES string of the molecule is Cn1cc(C(=O)NNC(=O)Cc2cccc3ccccc23)c2ccccc21. The molecule has 0 aliphatic carbocycles. The number of carbonyl (C=O) groups excluding carboxylic acids is 2. The number of aromatic nitrogens is 1. The van der Waals surface area contributed by atoms with Gasteiger partial charge in [0.05, 0.1) is 12.0 Å². The maximum atomic E-state index is 12.5. The van der Waals surface area contributed by atoms with E-state index < -0.39 is 0 Å². The molecule has 0 aliphatic rings. The standard InChI is InChI=1S/C22H19N3O2/c1-25-14-19(18-11-4-5-12-20(18)25)22(27)24-23-21(26)13-16-9-6-8-15-7-2-3-10-17(15)16/h2-12,14H,13H2,1H3,(H,23,26)(H,24,27). The Morgan fingerprint density at radius 3 is 2.41 bits per heavy atom. The average Bonchev–Trinajstić information content (AvgIpc) is 3.04. The van der Waals surface area contributed by atoms with Crippen LogP contribution in [0.4, 0.5) is 0 Å². The normalized spacial score (nSPS) is 10.9. The summed E-state index contributed by atoms with van der Waals surface area (Å²) in [6, 6.07) is 21.4. The minimum Gasteiger partial charge on any atom is -0.350 e. The summed E-state index contributed by atoms with van der Waals surface area (Å²) in [5.74, 6) is -0.599. The topological polar surface area (TPSA) is 63.1 Å². The first kappa shape index (κ1) is 16.8. The predicted molar refractivity (Wildman–Crippen MR) is 106 cm³/mol. The summed E-state index contributed by atoms with van der Waals surface area (Å²) in [6.45, 7) is 0. The second kappa shape index (κ2) is 6.96. The van der Waals surface area contributed by atoms with Crippen molar-refractivity contribution in [1.82, 2.24) is 15.4 Å². The molecular formula is C22H19N3O2. The molecule has 1 aromatic heterocycles. The van der Waals surface area contributed by atoms with Crippen molar-refractivity contribution in [2.75, 3.05) is 0 Å². The zero-order valence-electron chi connectivity index (χ0n) is 14.9. The first-order valence-electron chi connectivity index (χ1n) is 8.73. The molecular weight excluding hydrogens is 338 g/mol. The van der Waals surface area contributed by atoms with Gasteiger partial charge in [-0.15, -0.1) is 0 Å². The number of para-hydroxylation sites is 1. The Kier molecular flexibility index (Phi) is 4.34. The lowest BCUT2D eigenvalue weighted by atomic mass is 10.0. The molecule has 0 fully saturated rings. The number of aryl methyl sites for hydroxylation is 1. The highest BCUT2D eigenvalue weighted by atomic mass is 16.2. The van der Waals surface area contributed by atoms with E-state index in [1.165, 1.54) is 0 Å². The van der Waals surface area contributed by atoms with E-state index in [1.54, 1.807) is 6.20 Å². The van der Waals surface area contributed by atoms with Crippen LogP contribution in [0.5, 0.6) is 0 Å². The van der Waals surface area contributed by atoms with Gasteiger partial charge in [0.25, 0.3) is 5.91 Å². The summed E-state index contributed by atoms with van der Waals surface area (Å²) in [6.07, 6.45) is 1.95. The fourth-order valence-corrected chi connectivity index (χ4v) is 3.38. The Morgan fingerprint density at radius 2 is 1.56 bits per heavy atom. The third-order valence-electron chi connectivity index (χ3n) is 4.69. The van der Waals surface area contributed by atoms with E-state index in [0.717, 1.165) is 27.2 Å². The van der Waals surface area contributed by atoms with Crippen molar-refractivity contribution in [2.45, 2.75) is 6.42 Å². The minimum absolute atomic E-state index is 0.192. The van der Waals surface area contributed by atoms with Crippen molar-refractivity contribution in [3.05, 3.63) is 84.1 Å². The first-order chi connectivity index (χ1) is 13.1. The maximum absolute atomic E-state index is 12.5. The number of fused-ring (bicyclic) bond motifs is 2. The van der Waals surface area contributed by atoms with E-state index in [1.807, 2.05) is 78.3 Å². The molecule has 0 spiro atoms. The van der Waals surface area contributed by atoms with Gasteiger partial charge in [-0.05, 0) is 22.4 Å². The van der Waals surface area contributed by atoms with Crippen LogP contribution in [0.25, 0.3) is 21.7 Å². The quantitative estimate of drug-likeness (QED) is 0.553. The van der Waals surface area contributed by atoms with E-state index in [4.69, 9.17) is 0 Å². The Bertz CT molecular complexity index is 1160. The molecule has 0 saturated carbocycles. The number of benzene rings is 3. The molecule has 0 radical (unpaired) electrons. The molecule has 0 saturated heterocycles. The molecule has 5 nitrogen and oxygen atoms in total. The van der Waals surface area contributed by atoms with Gasteiger partial charge in [0.1, 0.15) is 0 Å². The summed E-state index contributed by atoms with van der Waals surface area (Å²) >= 11 is 0. The van der Waals surface area contributed by atoms with Gasteiger partial charge in [-0.1, -0.05) is 60.7 Å². The highest BCUT2D eigenvalue weighted by molar-refractivity contribution is 6.07. The average molecular weight is 357 g/mol. The Hall–Kier alpha value is -3.60. The molecule has 0 atom stereocenters. The van der Waals surface area contributed by atoms with Crippen molar-refractivity contribution in [3.63, 3.8) is 0 Å². The van der Waals surface area contributed by atoms with Crippen LogP contribution < -0.4 is 10.9 Å². The van der Waals surface area contributed by atoms with Gasteiger partial charge in [0, 0.05) is 24.1 Å². The summed E-state index contributed by atoms with van der Waals surface area (Å²) in [4.78, 5) is 24.8. The van der Waals surface area contributed by atoms with Crippen LogP contribution in [0.1, 0.15) is 15.9 Å². The van der Waals surface area contributed by atoms with E-state index >= 15 is 0 Å². The van der Waals surface area contributed by atoms with Crippen molar-refractivity contribution in [3.8, 4) is 0 Å². The molecule has 4 rings (SSSR count). The lowest BCUT2D eigenvalue weighted by Gasteiger charge is -2.09. The molecule has 0 unspecified atom stereocenters. The molecule has 134 valence electrons. The number of rotatable bonds is 3. The number of amides is 2. The van der Waals surface area contributed by atoms with Gasteiger partial charge >= 0.3 is 0 Å². The maximum Gasteiger partial charge on any atom is 0.271 e. The summed E-state index contributed by atoms with van der Waals surface area (Å²) < 4.78 is 1.89. The zero-order chi connectivity index (χ0) is 18.8. The van der Waals surface area contributed by atoms with Gasteiger partial charge < -0.3 is 4.57 Å². The molecule has 27 heavy (non-hydrogen) atoms. The zero-order valence-corrected chi connectivity index (χ0v) is 14.9. The fraction of sp³-hybridized carbons (Fsp3) is 0.0909. The van der Waals surface area contributed by atoms with E-state index in [9.17, 15) is 9.59 Å². The molecule has 4 aromatic rings. The van der Waals surface area contributed by atoms with E-state index in [0.29, 0.717) is 5.56 Å². The van der Waals surface area contributed by atoms with Crippen LogP contribution in [0, 0.1) is 0 Å². The summed E-state index contributed by atoms with van der Waals surface area (Å²) in [7, 11) is 1.89. The minimum atomic E-state index is -0.335. The second-order valence-corrected chi connectivity index (χ2v) is 6.49. The Labute approximate surface area is 156 Å². The van der Waals surface area contributed by atoms with Crippen LogP contribution in [0.2, 0.25) is 0 Å². The smallest absolute Gasteiger partial charge is 0.271 e. The van der Waals surface area contributed by atoms with Crippen LogP contribution in [-0.2, 0) is 18.3 Å². The Morgan fingerprint density at radius 1 is 0.852 bits per heavy atom. The second-order valence-electron chi connectivity index (χ2n) is 6.49. The molecule has 2 N–H and O–H groups in total. The molecule has 1 heterocycles.